The van der Waals surface area contributed by atoms with E-state index in [1.54, 1.807) is 0 Å². The Balaban J connectivity index is 0.000000785. The molecule has 72 heavy (non-hydrogen) atoms. The van der Waals surface area contributed by atoms with Crippen LogP contribution in [0.1, 0.15) is 86.1 Å². The third-order valence-electron chi connectivity index (χ3n) is 12.4. The molecule has 0 atom stereocenters. The Morgan fingerprint density at radius 2 is 0.389 bits per heavy atom. The van der Waals surface area contributed by atoms with E-state index in [1.807, 2.05) is 0 Å². The highest BCUT2D eigenvalue weighted by Gasteiger charge is 2.47. The van der Waals surface area contributed by atoms with Crippen LogP contribution in [-0.2, 0) is 49.4 Å². The van der Waals surface area contributed by atoms with E-state index in [0.29, 0.717) is 0 Å². The number of nitrogens with zero attached hydrogens (tertiary/aromatic N) is 1. The lowest BCUT2D eigenvalue weighted by molar-refractivity contribution is -0.144. The van der Waals surface area contributed by atoms with E-state index in [4.69, 9.17) is 4.17 Å². The zero-order chi connectivity index (χ0) is 55.9. The third kappa shape index (κ3) is 14.2. The topological polar surface area (TPSA) is 14.1 Å². The van der Waals surface area contributed by atoms with Crippen LogP contribution >= 0.6 is 14.1 Å². The second-order valence-corrected chi connectivity index (χ2v) is 25.3. The molecule has 28 heteroatoms. The first kappa shape index (κ1) is 62.1. The maximum absolute atomic E-state index is 14.2. The van der Waals surface area contributed by atoms with Gasteiger partial charge in [-0.3, -0.25) is 0 Å². The van der Waals surface area contributed by atoms with E-state index < -0.39 is 209 Å². The molecule has 0 saturated carbocycles. The van der Waals surface area contributed by atoms with Gasteiger partial charge in [-0.05, 0) is 24.3 Å². The monoisotopic (exact) mass is 1110 g/mol. The molecule has 0 N–H and O–H groups in total. The summed E-state index contributed by atoms with van der Waals surface area (Å²) in [5.74, 6) is 0. The quantitative estimate of drug-likeness (QED) is 0.0650. The average Bonchev–Trinajstić information content (AvgIpc) is 3.25. The fourth-order valence-electron chi connectivity index (χ4n) is 8.19. The van der Waals surface area contributed by atoms with Crippen molar-refractivity contribution >= 4 is 42.1 Å². The first-order valence-corrected chi connectivity index (χ1v) is 25.8. The van der Waals surface area contributed by atoms with Crippen LogP contribution in [0.2, 0.25) is 0 Å². The van der Waals surface area contributed by atoms with Crippen LogP contribution < -0.4 is 26.0 Å². The third-order valence-corrected chi connectivity index (χ3v) is 22.5. The second kappa shape index (κ2) is 21.2. The molecule has 4 aromatic rings. The molecule has 0 heterocycles. The van der Waals surface area contributed by atoms with Crippen LogP contribution in [0, 0.1) is 0 Å². The summed E-state index contributed by atoms with van der Waals surface area (Å²) in [7, 11) is -1.87. The van der Waals surface area contributed by atoms with E-state index in [1.165, 1.54) is 37.0 Å². The van der Waals surface area contributed by atoms with Crippen LogP contribution in [-0.4, -0.2) is 43.1 Å². The van der Waals surface area contributed by atoms with Gasteiger partial charge in [-0.25, -0.2) is 0 Å². The maximum Gasteiger partial charge on any atom is 0.416 e. The van der Waals surface area contributed by atoms with Crippen molar-refractivity contribution in [3.63, 3.8) is 0 Å². The molecule has 1 nitrogen and oxygen atoms in total. The highest BCUT2D eigenvalue weighted by atomic mass is 31.2. The first-order valence-electron chi connectivity index (χ1n) is 21.2. The Morgan fingerprint density at radius 3 is 0.486 bits per heavy atom. The van der Waals surface area contributed by atoms with Crippen LogP contribution in [0.25, 0.3) is 0 Å². The fraction of sp³-hybridized carbons (Fsp3) is 0.455. The summed E-state index contributed by atoms with van der Waals surface area (Å²) in [6.07, 6.45) is -46.9. The van der Waals surface area contributed by atoms with Gasteiger partial charge in [-0.15, -0.1) is 0 Å². The highest BCUT2D eigenvalue weighted by molar-refractivity contribution is 7.73. The Hall–Kier alpha value is -4.17. The first-order chi connectivity index (χ1) is 32.3. The molecule has 0 saturated heterocycles. The van der Waals surface area contributed by atoms with Crippen molar-refractivity contribution in [1.29, 1.82) is 0 Å². The summed E-state index contributed by atoms with van der Waals surface area (Å²) < 4.78 is 346. The van der Waals surface area contributed by atoms with Crippen molar-refractivity contribution in [1.82, 2.24) is 4.17 Å². The van der Waals surface area contributed by atoms with E-state index in [-0.39, 0.29) is 0 Å². The van der Waals surface area contributed by atoms with Crippen LogP contribution in [0.3, 0.4) is 0 Å². The minimum Gasteiger partial charge on any atom is -0.194 e. The Morgan fingerprint density at radius 1 is 0.264 bits per heavy atom. The molecule has 0 aromatic heterocycles. The molecule has 0 amide bonds. The normalized spacial score (nSPS) is 14.0. The number of hydrogen-bond acceptors (Lipinski definition) is 0. The van der Waals surface area contributed by atoms with Gasteiger partial charge in [0.15, 0.2) is 0 Å². The molecular formula is C44H42BF24NP2. The lowest BCUT2D eigenvalue weighted by Crippen LogP contribution is -2.75. The van der Waals surface area contributed by atoms with Crippen molar-refractivity contribution in [3.8, 4) is 0 Å². The zero-order valence-corrected chi connectivity index (χ0v) is 39.9. The molecule has 0 aliphatic rings. The summed E-state index contributed by atoms with van der Waals surface area (Å²) >= 11 is 0. The minimum absolute atomic E-state index is 0.691. The average molecular weight is 1110 g/mol. The largest absolute Gasteiger partial charge is 0.416 e. The van der Waals surface area contributed by atoms with Gasteiger partial charge in [0.05, 0.1) is 44.5 Å². The van der Waals surface area contributed by atoms with Gasteiger partial charge in [0.2, 0.25) is 14.1 Å². The van der Waals surface area contributed by atoms with E-state index in [9.17, 15) is 105 Å². The van der Waals surface area contributed by atoms with Crippen molar-refractivity contribution in [2.75, 3.05) is 37.0 Å². The molecule has 0 radical (unpaired) electrons. The van der Waals surface area contributed by atoms with Crippen molar-refractivity contribution < 1.29 is 105 Å². The molecule has 0 aliphatic heterocycles. The van der Waals surface area contributed by atoms with Gasteiger partial charge in [-0.1, -0.05) is 90.1 Å². The van der Waals surface area contributed by atoms with Gasteiger partial charge < -0.3 is 0 Å². The molecule has 0 bridgehead atoms. The number of halogens is 24. The van der Waals surface area contributed by atoms with Crippen molar-refractivity contribution in [3.05, 3.63) is 117 Å². The second-order valence-electron chi connectivity index (χ2n) is 16.4. The smallest absolute Gasteiger partial charge is 0.194 e. The summed E-state index contributed by atoms with van der Waals surface area (Å²) in [6.45, 7) is 14.1. The molecule has 0 aliphatic carbocycles. The van der Waals surface area contributed by atoms with Crippen LogP contribution in [0.4, 0.5) is 105 Å². The van der Waals surface area contributed by atoms with Crippen molar-refractivity contribution in [2.45, 2.75) is 91.0 Å². The summed E-state index contributed by atoms with van der Waals surface area (Å²) in [6, 6.07) is -8.81. The van der Waals surface area contributed by atoms with Gasteiger partial charge in [0.25, 0.3) is 0 Å². The lowest BCUT2D eigenvalue weighted by atomic mass is 9.12. The summed E-state index contributed by atoms with van der Waals surface area (Å²) in [4.78, 5) is 0. The van der Waals surface area contributed by atoms with Gasteiger partial charge >= 0.3 is 49.4 Å². The van der Waals surface area contributed by atoms with E-state index in [0.717, 1.165) is 0 Å². The predicted octanol–water partition coefficient (Wildman–Crippen LogP) is 15.8. The Labute approximate surface area is 396 Å². The van der Waals surface area contributed by atoms with Crippen LogP contribution in [0.5, 0.6) is 0 Å². The zero-order valence-electron chi connectivity index (χ0n) is 38.2. The minimum atomic E-state index is -6.13. The summed E-state index contributed by atoms with van der Waals surface area (Å²) in [5.41, 5.74) is -30.2. The SMILES string of the molecule is CCP(CC)(CC)=[N+]=P(CC)(CC)CC.FC(F)(F)c1cc([B-](c2cc(C(F)(F)F)cc(C(F)(F)F)c2)(c2cc(C(F)(F)F)cc(C(F)(F)F)c2)c2cc(C(F)(F)F)cc(C(F)(F)F)c2)cc(C(F)(F)F)c1. The van der Waals surface area contributed by atoms with Gasteiger partial charge in [-0.2, -0.15) is 131 Å². The van der Waals surface area contributed by atoms with Crippen molar-refractivity contribution in [2.24, 2.45) is 0 Å². The molecule has 0 spiro atoms. The molecule has 0 fully saturated rings. The molecule has 4 aromatic carbocycles. The standard InChI is InChI=1S/C32H12BF24.C12H30NP2/c34-25(35,36)13-1-14(26(37,38)39)6-21(5-13)33(22-7-15(27(40,41)42)2-16(8-22)28(43,44)45,23-9-17(29(46,47)48)3-18(10-23)30(49,50)51)24-11-19(31(52,53)54)4-20(12-24)32(55,56)57;1-7-14(8-2,9-3)13-15(10-4,11-5)12-6/h1-12H;7-12H2,1-6H3/q-1;+1. The number of benzene rings is 4. The maximum atomic E-state index is 14.2. The molecular weight excluding hydrogens is 1070 g/mol. The van der Waals surface area contributed by atoms with E-state index >= 15 is 0 Å². The number of alkyl halides is 24. The Bertz CT molecular complexity index is 2170. The fourth-order valence-corrected chi connectivity index (χ4v) is 17.1. The number of rotatable bonds is 10. The highest BCUT2D eigenvalue weighted by Crippen LogP contribution is 2.52. The molecule has 404 valence electrons. The Kier molecular flexibility index (Phi) is 18.3. The number of hydrogen-bond donors (Lipinski definition) is 0. The van der Waals surface area contributed by atoms with Crippen LogP contribution in [0.15, 0.2) is 72.8 Å². The summed E-state index contributed by atoms with van der Waals surface area (Å²) in [5, 5.41) is 0. The lowest BCUT2D eigenvalue weighted by Gasteiger charge is -2.46. The molecule has 4 rings (SSSR count). The van der Waals surface area contributed by atoms with Gasteiger partial charge in [0, 0.05) is 37.0 Å². The predicted molar refractivity (Wildman–Crippen MR) is 229 cm³/mol. The molecule has 0 unspecified atom stereocenters. The van der Waals surface area contributed by atoms with Gasteiger partial charge in [0.1, 0.15) is 6.15 Å². The van der Waals surface area contributed by atoms with E-state index in [2.05, 4.69) is 41.5 Å².